The summed E-state index contributed by atoms with van der Waals surface area (Å²) in [7, 11) is 3.74. The van der Waals surface area contributed by atoms with Crippen LogP contribution in [0.4, 0.5) is 0 Å². The number of rotatable bonds is 2. The van der Waals surface area contributed by atoms with E-state index in [9.17, 15) is 0 Å². The molecular formula is C11H15N5O. The van der Waals surface area contributed by atoms with E-state index in [1.165, 1.54) is 4.85 Å². The molecule has 17 heavy (non-hydrogen) atoms. The third kappa shape index (κ3) is 2.35. The summed E-state index contributed by atoms with van der Waals surface area (Å²) >= 11 is 0. The SMILES string of the molecule is CCN=C(On1nnc2ccccc21)N(C)C. The zero-order chi connectivity index (χ0) is 12.3. The van der Waals surface area contributed by atoms with Crippen LogP contribution >= 0.6 is 0 Å². The van der Waals surface area contributed by atoms with E-state index < -0.39 is 0 Å². The Kier molecular flexibility index (Phi) is 3.22. The predicted molar refractivity (Wildman–Crippen MR) is 65.8 cm³/mol. The van der Waals surface area contributed by atoms with Crippen LogP contribution in [0.15, 0.2) is 29.3 Å². The fourth-order valence-electron chi connectivity index (χ4n) is 1.38. The Balaban J connectivity index is 2.32. The van der Waals surface area contributed by atoms with Crippen molar-refractivity contribution in [3.63, 3.8) is 0 Å². The Bertz CT molecular complexity index is 531. The Morgan fingerprint density at radius 2 is 2.18 bits per heavy atom. The van der Waals surface area contributed by atoms with Crippen molar-refractivity contribution < 1.29 is 4.84 Å². The van der Waals surface area contributed by atoms with Crippen LogP contribution in [0.1, 0.15) is 6.92 Å². The first-order valence-corrected chi connectivity index (χ1v) is 5.43. The van der Waals surface area contributed by atoms with Gasteiger partial charge in [-0.2, -0.15) is 0 Å². The zero-order valence-electron chi connectivity index (χ0n) is 10.2. The van der Waals surface area contributed by atoms with Crippen LogP contribution in [-0.4, -0.2) is 46.7 Å². The summed E-state index contributed by atoms with van der Waals surface area (Å²) in [5, 5.41) is 7.94. The molecule has 0 fully saturated rings. The number of aliphatic imine (C=N–C) groups is 1. The van der Waals surface area contributed by atoms with Gasteiger partial charge in [0.25, 0.3) is 0 Å². The average Bonchev–Trinajstić information content (AvgIpc) is 2.72. The van der Waals surface area contributed by atoms with Crippen LogP contribution in [0.25, 0.3) is 11.0 Å². The molecule has 6 nitrogen and oxygen atoms in total. The fourth-order valence-corrected chi connectivity index (χ4v) is 1.38. The number of para-hydroxylation sites is 1. The van der Waals surface area contributed by atoms with E-state index in [4.69, 9.17) is 4.84 Å². The topological polar surface area (TPSA) is 55.5 Å². The van der Waals surface area contributed by atoms with Crippen LogP contribution in [0.5, 0.6) is 0 Å². The third-order valence-electron chi connectivity index (χ3n) is 2.17. The predicted octanol–water partition coefficient (Wildman–Crippen LogP) is 0.797. The van der Waals surface area contributed by atoms with Gasteiger partial charge in [0.15, 0.2) is 0 Å². The second kappa shape index (κ2) is 4.82. The van der Waals surface area contributed by atoms with E-state index in [1.807, 2.05) is 45.3 Å². The number of hydrogen-bond acceptors (Lipinski definition) is 4. The van der Waals surface area contributed by atoms with Gasteiger partial charge in [0, 0.05) is 20.6 Å². The van der Waals surface area contributed by atoms with Crippen molar-refractivity contribution in [2.75, 3.05) is 20.6 Å². The molecule has 2 rings (SSSR count). The van der Waals surface area contributed by atoms with Gasteiger partial charge in [-0.15, -0.1) is 5.10 Å². The molecule has 6 heteroatoms. The van der Waals surface area contributed by atoms with Gasteiger partial charge in [-0.25, -0.2) is 4.99 Å². The van der Waals surface area contributed by atoms with Gasteiger partial charge in [0.1, 0.15) is 11.0 Å². The summed E-state index contributed by atoms with van der Waals surface area (Å²) in [5.74, 6) is 0. The lowest BCUT2D eigenvalue weighted by atomic mass is 10.3. The van der Waals surface area contributed by atoms with E-state index in [0.717, 1.165) is 11.0 Å². The second-order valence-corrected chi connectivity index (χ2v) is 3.69. The first-order chi connectivity index (χ1) is 8.22. The van der Waals surface area contributed by atoms with Gasteiger partial charge >= 0.3 is 6.02 Å². The van der Waals surface area contributed by atoms with E-state index in [-0.39, 0.29) is 0 Å². The molecule has 0 aliphatic rings. The van der Waals surface area contributed by atoms with E-state index >= 15 is 0 Å². The number of benzene rings is 1. The van der Waals surface area contributed by atoms with Crippen molar-refractivity contribution in [2.45, 2.75) is 6.92 Å². The molecule has 0 amide bonds. The maximum absolute atomic E-state index is 5.59. The Labute approximate surface area is 99.5 Å². The highest BCUT2D eigenvalue weighted by atomic mass is 16.7. The molecule has 0 atom stereocenters. The summed E-state index contributed by atoms with van der Waals surface area (Å²) in [6, 6.07) is 8.11. The molecule has 2 aromatic rings. The molecule has 0 aliphatic heterocycles. The Hall–Kier alpha value is -2.11. The molecular weight excluding hydrogens is 218 g/mol. The van der Waals surface area contributed by atoms with Gasteiger partial charge in [-0.1, -0.05) is 17.0 Å². The molecule has 0 unspecified atom stereocenters. The van der Waals surface area contributed by atoms with Gasteiger partial charge in [-0.05, 0) is 24.3 Å². The van der Waals surface area contributed by atoms with Crippen molar-refractivity contribution in [1.82, 2.24) is 20.1 Å². The maximum atomic E-state index is 5.59. The highest BCUT2D eigenvalue weighted by Crippen LogP contribution is 2.08. The second-order valence-electron chi connectivity index (χ2n) is 3.69. The molecule has 0 bridgehead atoms. The summed E-state index contributed by atoms with van der Waals surface area (Å²) < 4.78 is 0. The number of amidine groups is 1. The summed E-state index contributed by atoms with van der Waals surface area (Å²) in [6.45, 7) is 2.60. The lowest BCUT2D eigenvalue weighted by Gasteiger charge is -2.14. The Morgan fingerprint density at radius 3 is 2.88 bits per heavy atom. The number of fused-ring (bicyclic) bond motifs is 1. The number of hydrogen-bond donors (Lipinski definition) is 0. The van der Waals surface area contributed by atoms with Crippen LogP contribution in [0, 0.1) is 0 Å². The van der Waals surface area contributed by atoms with Crippen molar-refractivity contribution in [1.29, 1.82) is 0 Å². The fraction of sp³-hybridized carbons (Fsp3) is 0.364. The molecule has 1 aromatic heterocycles. The van der Waals surface area contributed by atoms with Crippen molar-refractivity contribution >= 4 is 17.1 Å². The lowest BCUT2D eigenvalue weighted by Crippen LogP contribution is -2.33. The molecule has 1 heterocycles. The normalized spacial score (nSPS) is 11.8. The average molecular weight is 233 g/mol. The zero-order valence-corrected chi connectivity index (χ0v) is 10.2. The lowest BCUT2D eigenvalue weighted by molar-refractivity contribution is 0.193. The third-order valence-corrected chi connectivity index (χ3v) is 2.17. The Morgan fingerprint density at radius 1 is 1.41 bits per heavy atom. The largest absolute Gasteiger partial charge is 0.331 e. The van der Waals surface area contributed by atoms with Crippen LogP contribution in [-0.2, 0) is 0 Å². The molecule has 0 aliphatic carbocycles. The van der Waals surface area contributed by atoms with E-state index in [2.05, 4.69) is 15.3 Å². The van der Waals surface area contributed by atoms with Crippen molar-refractivity contribution in [2.24, 2.45) is 4.99 Å². The molecule has 90 valence electrons. The number of aromatic nitrogens is 3. The first kappa shape index (κ1) is 11.4. The van der Waals surface area contributed by atoms with Crippen molar-refractivity contribution in [3.05, 3.63) is 24.3 Å². The molecule has 0 saturated heterocycles. The monoisotopic (exact) mass is 233 g/mol. The minimum Gasteiger partial charge on any atom is -0.331 e. The van der Waals surface area contributed by atoms with Crippen LogP contribution in [0.2, 0.25) is 0 Å². The van der Waals surface area contributed by atoms with Crippen LogP contribution < -0.4 is 4.84 Å². The summed E-state index contributed by atoms with van der Waals surface area (Å²) in [6.07, 6.45) is 0. The quantitative estimate of drug-likeness (QED) is 0.568. The number of nitrogens with zero attached hydrogens (tertiary/aromatic N) is 5. The van der Waals surface area contributed by atoms with E-state index in [1.54, 1.807) is 4.90 Å². The summed E-state index contributed by atoms with van der Waals surface area (Å²) in [4.78, 5) is 13.0. The highest BCUT2D eigenvalue weighted by Gasteiger charge is 2.09. The van der Waals surface area contributed by atoms with E-state index in [0.29, 0.717) is 12.6 Å². The van der Waals surface area contributed by atoms with Gasteiger partial charge in [-0.3, -0.25) is 0 Å². The summed E-state index contributed by atoms with van der Waals surface area (Å²) in [5.41, 5.74) is 1.61. The smallest absolute Gasteiger partial charge is 0.317 e. The molecule has 0 N–H and O–H groups in total. The molecule has 0 spiro atoms. The maximum Gasteiger partial charge on any atom is 0.317 e. The minimum atomic E-state index is 0.503. The molecule has 0 radical (unpaired) electrons. The molecule has 0 saturated carbocycles. The van der Waals surface area contributed by atoms with Crippen molar-refractivity contribution in [3.8, 4) is 0 Å². The standard InChI is InChI=1S/C11H15N5O/c1-4-12-11(15(2)3)17-16-10-8-6-5-7-9(10)13-14-16/h5-8H,4H2,1-3H3. The van der Waals surface area contributed by atoms with Gasteiger partial charge in [0.05, 0.1) is 0 Å². The minimum absolute atomic E-state index is 0.503. The van der Waals surface area contributed by atoms with Crippen LogP contribution in [0.3, 0.4) is 0 Å². The van der Waals surface area contributed by atoms with Gasteiger partial charge in [0.2, 0.25) is 0 Å². The highest BCUT2D eigenvalue weighted by molar-refractivity contribution is 5.77. The molecule has 1 aromatic carbocycles. The first-order valence-electron chi connectivity index (χ1n) is 5.43. The van der Waals surface area contributed by atoms with Gasteiger partial charge < -0.3 is 9.74 Å².